The van der Waals surface area contributed by atoms with Gasteiger partial charge in [0.25, 0.3) is 5.91 Å². The molecule has 1 aliphatic heterocycles. The zero-order valence-corrected chi connectivity index (χ0v) is 13.4. The number of hydrogen-bond donors (Lipinski definition) is 3. The first-order chi connectivity index (χ1) is 11.8. The first kappa shape index (κ1) is 16.3. The van der Waals surface area contributed by atoms with Gasteiger partial charge in [0.05, 0.1) is 13.2 Å². The van der Waals surface area contributed by atoms with Gasteiger partial charge in [-0.25, -0.2) is 5.48 Å². The summed E-state index contributed by atoms with van der Waals surface area (Å²) in [6, 6.07) is 15.5. The maximum absolute atomic E-state index is 11.3. The van der Waals surface area contributed by atoms with Crippen LogP contribution >= 0.6 is 0 Å². The maximum Gasteiger partial charge on any atom is 0.274 e. The van der Waals surface area contributed by atoms with Crippen molar-refractivity contribution in [3.8, 4) is 0 Å². The Balaban J connectivity index is 1.55. The Hall–Kier alpha value is -2.57. The van der Waals surface area contributed by atoms with Crippen molar-refractivity contribution in [2.24, 2.45) is 0 Å². The average molecular weight is 327 g/mol. The Labute approximate surface area is 141 Å². The summed E-state index contributed by atoms with van der Waals surface area (Å²) < 4.78 is 5.37. The van der Waals surface area contributed by atoms with Gasteiger partial charge < -0.3 is 15.0 Å². The molecule has 126 valence electrons. The monoisotopic (exact) mass is 327 g/mol. The van der Waals surface area contributed by atoms with E-state index in [2.05, 4.69) is 34.5 Å². The van der Waals surface area contributed by atoms with E-state index in [0.29, 0.717) is 12.1 Å². The van der Waals surface area contributed by atoms with Gasteiger partial charge in [-0.05, 0) is 42.0 Å². The number of carbonyl (C=O) groups is 1. The van der Waals surface area contributed by atoms with Gasteiger partial charge in [0, 0.05) is 36.6 Å². The van der Waals surface area contributed by atoms with Crippen LogP contribution in [0.5, 0.6) is 0 Å². The smallest absolute Gasteiger partial charge is 0.274 e. The highest BCUT2D eigenvalue weighted by Crippen LogP contribution is 2.19. The second kappa shape index (κ2) is 7.81. The second-order valence-electron chi connectivity index (χ2n) is 5.64. The van der Waals surface area contributed by atoms with Gasteiger partial charge in [-0.2, -0.15) is 0 Å². The normalized spacial score (nSPS) is 14.3. The van der Waals surface area contributed by atoms with Gasteiger partial charge in [-0.15, -0.1) is 0 Å². The summed E-state index contributed by atoms with van der Waals surface area (Å²) in [6.45, 7) is 4.09. The summed E-state index contributed by atoms with van der Waals surface area (Å²) in [6.07, 6.45) is 0. The lowest BCUT2D eigenvalue weighted by molar-refractivity contribution is 0.0706. The lowest BCUT2D eigenvalue weighted by Crippen LogP contribution is -2.36. The molecule has 1 fully saturated rings. The van der Waals surface area contributed by atoms with Gasteiger partial charge >= 0.3 is 0 Å². The first-order valence-corrected chi connectivity index (χ1v) is 7.96. The molecule has 1 saturated heterocycles. The Morgan fingerprint density at radius 1 is 1.04 bits per heavy atom. The third kappa shape index (κ3) is 4.04. The standard InChI is InChI=1S/C18H21N3O3/c22-18(20-23)15-3-1-14(2-4-15)13-19-16-5-7-17(8-6-16)21-9-11-24-12-10-21/h1-8,19,23H,9-13H2,(H,20,22). The van der Waals surface area contributed by atoms with Gasteiger partial charge in [-0.1, -0.05) is 12.1 Å². The van der Waals surface area contributed by atoms with Crippen LogP contribution in [-0.2, 0) is 11.3 Å². The Bertz CT molecular complexity index is 665. The van der Waals surface area contributed by atoms with Crippen LogP contribution in [0.25, 0.3) is 0 Å². The second-order valence-corrected chi connectivity index (χ2v) is 5.64. The molecule has 0 bridgehead atoms. The lowest BCUT2D eigenvalue weighted by Gasteiger charge is -2.28. The molecule has 0 spiro atoms. The Kier molecular flexibility index (Phi) is 5.30. The zero-order valence-electron chi connectivity index (χ0n) is 13.4. The number of nitrogens with zero attached hydrogens (tertiary/aromatic N) is 1. The molecule has 1 aliphatic rings. The van der Waals surface area contributed by atoms with E-state index in [4.69, 9.17) is 9.94 Å². The fraction of sp³-hybridized carbons (Fsp3) is 0.278. The van der Waals surface area contributed by atoms with Gasteiger partial charge in [0.2, 0.25) is 0 Å². The van der Waals surface area contributed by atoms with Gasteiger partial charge in [0.15, 0.2) is 0 Å². The number of nitrogens with one attached hydrogen (secondary N) is 2. The van der Waals surface area contributed by atoms with Crippen LogP contribution in [0.1, 0.15) is 15.9 Å². The van der Waals surface area contributed by atoms with Crippen molar-refractivity contribution < 1.29 is 14.7 Å². The lowest BCUT2D eigenvalue weighted by atomic mass is 10.1. The van der Waals surface area contributed by atoms with Crippen molar-refractivity contribution in [3.05, 3.63) is 59.7 Å². The number of ether oxygens (including phenoxy) is 1. The highest BCUT2D eigenvalue weighted by Gasteiger charge is 2.10. The predicted molar refractivity (Wildman–Crippen MR) is 92.5 cm³/mol. The highest BCUT2D eigenvalue weighted by atomic mass is 16.5. The van der Waals surface area contributed by atoms with Crippen LogP contribution in [0.4, 0.5) is 11.4 Å². The fourth-order valence-corrected chi connectivity index (χ4v) is 2.65. The van der Waals surface area contributed by atoms with Gasteiger partial charge in [0.1, 0.15) is 0 Å². The molecule has 6 nitrogen and oxygen atoms in total. The summed E-state index contributed by atoms with van der Waals surface area (Å²) in [5.41, 5.74) is 5.37. The number of benzene rings is 2. The minimum atomic E-state index is -0.506. The summed E-state index contributed by atoms with van der Waals surface area (Å²) in [5, 5.41) is 12.0. The molecule has 1 amide bonds. The SMILES string of the molecule is O=C(NO)c1ccc(CNc2ccc(N3CCOCC3)cc2)cc1. The van der Waals surface area contributed by atoms with E-state index in [0.717, 1.165) is 37.6 Å². The Morgan fingerprint density at radius 3 is 2.33 bits per heavy atom. The third-order valence-electron chi connectivity index (χ3n) is 4.06. The summed E-state index contributed by atoms with van der Waals surface area (Å²) in [5.74, 6) is -0.506. The zero-order chi connectivity index (χ0) is 16.8. The van der Waals surface area contributed by atoms with E-state index in [9.17, 15) is 4.79 Å². The topological polar surface area (TPSA) is 73.8 Å². The molecule has 0 radical (unpaired) electrons. The van der Waals surface area contributed by atoms with E-state index in [1.165, 1.54) is 5.69 Å². The molecular weight excluding hydrogens is 306 g/mol. The van der Waals surface area contributed by atoms with Crippen LogP contribution in [0.15, 0.2) is 48.5 Å². The highest BCUT2D eigenvalue weighted by molar-refractivity contribution is 5.93. The molecule has 6 heteroatoms. The van der Waals surface area contributed by atoms with E-state index in [1.54, 1.807) is 17.6 Å². The number of rotatable bonds is 5. The molecule has 0 aliphatic carbocycles. The average Bonchev–Trinajstić information content (AvgIpc) is 2.67. The van der Waals surface area contributed by atoms with Crippen molar-refractivity contribution in [1.82, 2.24) is 5.48 Å². The van der Waals surface area contributed by atoms with E-state index < -0.39 is 5.91 Å². The number of hydroxylamine groups is 1. The fourth-order valence-electron chi connectivity index (χ4n) is 2.65. The van der Waals surface area contributed by atoms with E-state index >= 15 is 0 Å². The number of carbonyl (C=O) groups excluding carboxylic acids is 1. The number of anilines is 2. The van der Waals surface area contributed by atoms with Crippen molar-refractivity contribution >= 4 is 17.3 Å². The molecule has 3 rings (SSSR count). The summed E-state index contributed by atoms with van der Waals surface area (Å²) in [4.78, 5) is 13.6. The number of hydrogen-bond acceptors (Lipinski definition) is 5. The molecule has 0 saturated carbocycles. The molecule has 24 heavy (non-hydrogen) atoms. The van der Waals surface area contributed by atoms with Crippen molar-refractivity contribution in [3.63, 3.8) is 0 Å². The number of amides is 1. The Morgan fingerprint density at radius 2 is 1.71 bits per heavy atom. The van der Waals surface area contributed by atoms with E-state index in [1.807, 2.05) is 12.1 Å². The number of morpholine rings is 1. The molecule has 0 unspecified atom stereocenters. The van der Waals surface area contributed by atoms with E-state index in [-0.39, 0.29) is 0 Å². The van der Waals surface area contributed by atoms with Crippen LogP contribution in [0.3, 0.4) is 0 Å². The molecule has 2 aromatic carbocycles. The summed E-state index contributed by atoms with van der Waals surface area (Å²) >= 11 is 0. The molecule has 0 atom stereocenters. The third-order valence-corrected chi connectivity index (χ3v) is 4.06. The van der Waals surface area contributed by atoms with Crippen LogP contribution in [0, 0.1) is 0 Å². The van der Waals surface area contributed by atoms with Crippen molar-refractivity contribution in [2.45, 2.75) is 6.54 Å². The van der Waals surface area contributed by atoms with Crippen LogP contribution in [0.2, 0.25) is 0 Å². The van der Waals surface area contributed by atoms with Gasteiger partial charge in [-0.3, -0.25) is 10.0 Å². The van der Waals surface area contributed by atoms with Crippen molar-refractivity contribution in [2.75, 3.05) is 36.5 Å². The quantitative estimate of drug-likeness (QED) is 0.580. The largest absolute Gasteiger partial charge is 0.381 e. The molecule has 0 aromatic heterocycles. The maximum atomic E-state index is 11.3. The van der Waals surface area contributed by atoms with Crippen LogP contribution < -0.4 is 15.7 Å². The summed E-state index contributed by atoms with van der Waals surface area (Å²) in [7, 11) is 0. The first-order valence-electron chi connectivity index (χ1n) is 7.96. The predicted octanol–water partition coefficient (Wildman–Crippen LogP) is 2.25. The molecule has 2 aromatic rings. The molecule has 1 heterocycles. The van der Waals surface area contributed by atoms with Crippen LogP contribution in [-0.4, -0.2) is 37.4 Å². The van der Waals surface area contributed by atoms with Crippen molar-refractivity contribution in [1.29, 1.82) is 0 Å². The minimum absolute atomic E-state index is 0.427. The molecular formula is C18H21N3O3. The minimum Gasteiger partial charge on any atom is -0.381 e. The molecule has 3 N–H and O–H groups in total.